The van der Waals surface area contributed by atoms with Crippen molar-refractivity contribution in [2.24, 2.45) is 5.92 Å². The van der Waals surface area contributed by atoms with Gasteiger partial charge in [-0.1, -0.05) is 61.6 Å². The number of amides is 1. The summed E-state index contributed by atoms with van der Waals surface area (Å²) in [6, 6.07) is 27.2. The number of nitrogens with one attached hydrogen (secondary N) is 1. The molecule has 0 saturated carbocycles. The van der Waals surface area contributed by atoms with Crippen molar-refractivity contribution in [2.45, 2.75) is 50.2 Å². The highest BCUT2D eigenvalue weighted by atomic mass is 28.3. The summed E-state index contributed by atoms with van der Waals surface area (Å²) in [6.45, 7) is 6.57. The molecule has 1 amide bonds. The number of para-hydroxylation sites is 1. The minimum Gasteiger partial charge on any atom is -0.497 e. The summed E-state index contributed by atoms with van der Waals surface area (Å²) >= 11 is 0. The third-order valence-corrected chi connectivity index (χ3v) is 14.9. The molecule has 1 aromatic heterocycles. The number of rotatable bonds is 9. The van der Waals surface area contributed by atoms with Gasteiger partial charge in [0.05, 0.1) is 55.0 Å². The van der Waals surface area contributed by atoms with Gasteiger partial charge in [-0.25, -0.2) is 4.68 Å². The minimum absolute atomic E-state index is 0.0991. The molecule has 4 atom stereocenters. The Morgan fingerprint density at radius 1 is 1.02 bits per heavy atom. The summed E-state index contributed by atoms with van der Waals surface area (Å²) in [7, 11) is -0.781. The first-order chi connectivity index (χ1) is 23.5. The molecule has 0 aliphatic carbocycles. The molecule has 2 aliphatic heterocycles. The standard InChI is InChI=1S/C37H38N4O7Si/c1-23-34(49(3,4)28-16-14-27(47-2)15-17-28)33(19-20-42)48-37(23)30-21-26(41(45)46)13-18-32(30)39(36(37)44)22-24-9-11-25(12-10-24)40-35(43)29-7-5-6-8-31(29)38-40/h5-18,21,23,33-34,38,42H,19-20,22H2,1-4H3/t23-,33+,34-,37+/m0/s1. The van der Waals surface area contributed by atoms with Crippen molar-refractivity contribution in [3.8, 4) is 11.4 Å². The Bertz CT molecular complexity index is 2130. The van der Waals surface area contributed by atoms with Gasteiger partial charge >= 0.3 is 0 Å². The maximum atomic E-state index is 14.9. The molecule has 2 N–H and O–H groups in total. The number of nitrogens with zero attached hydrogens (tertiary/aromatic N) is 3. The van der Waals surface area contributed by atoms with Gasteiger partial charge in [0.25, 0.3) is 17.2 Å². The van der Waals surface area contributed by atoms with Crippen LogP contribution < -0.4 is 20.4 Å². The number of carbonyl (C=O) groups excluding carboxylic acids is 1. The van der Waals surface area contributed by atoms with Gasteiger partial charge in [0.1, 0.15) is 5.75 Å². The van der Waals surface area contributed by atoms with E-state index in [2.05, 4.69) is 30.3 Å². The Morgan fingerprint density at radius 2 is 1.73 bits per heavy atom. The van der Waals surface area contributed by atoms with Gasteiger partial charge in [0.15, 0.2) is 5.60 Å². The highest BCUT2D eigenvalue weighted by molar-refractivity contribution is 6.91. The number of non-ortho nitro benzene ring substituents is 1. The summed E-state index contributed by atoms with van der Waals surface area (Å²) in [5, 5.41) is 27.1. The van der Waals surface area contributed by atoms with Gasteiger partial charge in [-0.05, 0) is 60.0 Å². The van der Waals surface area contributed by atoms with Crippen LogP contribution in [-0.4, -0.2) is 53.6 Å². The molecule has 1 saturated heterocycles. The van der Waals surface area contributed by atoms with Crippen molar-refractivity contribution in [1.82, 2.24) is 9.78 Å². The molecule has 49 heavy (non-hydrogen) atoms. The third kappa shape index (κ3) is 5.09. The van der Waals surface area contributed by atoms with E-state index < -0.39 is 24.7 Å². The molecule has 0 radical (unpaired) electrons. The molecule has 7 rings (SSSR count). The van der Waals surface area contributed by atoms with E-state index in [-0.39, 0.29) is 41.8 Å². The highest BCUT2D eigenvalue weighted by Gasteiger charge is 2.66. The van der Waals surface area contributed by atoms with Gasteiger partial charge in [-0.2, -0.15) is 0 Å². The predicted octanol–water partition coefficient (Wildman–Crippen LogP) is 5.38. The number of carbonyl (C=O) groups is 1. The van der Waals surface area contributed by atoms with Gasteiger partial charge < -0.3 is 19.5 Å². The first kappa shape index (κ1) is 32.5. The fraction of sp³-hybridized carbons (Fsp3) is 0.297. The molecule has 3 heterocycles. The highest BCUT2D eigenvalue weighted by Crippen LogP contribution is 2.60. The molecule has 252 valence electrons. The van der Waals surface area contributed by atoms with Gasteiger partial charge in [0, 0.05) is 30.2 Å². The Hall–Kier alpha value is -5.04. The number of aliphatic hydroxyl groups is 1. The molecule has 0 unspecified atom stereocenters. The summed E-state index contributed by atoms with van der Waals surface area (Å²) in [6.07, 6.45) is -0.121. The number of aliphatic hydroxyl groups excluding tert-OH is 1. The molecule has 5 aromatic rings. The number of H-pyrrole nitrogens is 1. The number of hydrogen-bond acceptors (Lipinski definition) is 7. The third-order valence-electron chi connectivity index (χ3n) is 10.6. The Kier molecular flexibility index (Phi) is 8.05. The SMILES string of the molecule is COc1ccc([Si](C)(C)[C@@H]2[C@@H](CCO)O[C@]3(C(=O)N(Cc4ccc(-n5[nH]c6ccccc6c5=O)cc4)c4ccc([N+](=O)[O-])cc43)[C@H]2C)cc1. The smallest absolute Gasteiger partial charge is 0.279 e. The number of aromatic nitrogens is 2. The topological polar surface area (TPSA) is 140 Å². The number of hydrogen-bond donors (Lipinski definition) is 2. The molecule has 1 fully saturated rings. The van der Waals surface area contributed by atoms with Crippen LogP contribution in [0.4, 0.5) is 11.4 Å². The summed E-state index contributed by atoms with van der Waals surface area (Å²) in [5.74, 6) is 0.107. The molecular formula is C37H38N4O7Si. The van der Waals surface area contributed by atoms with Crippen LogP contribution in [0.15, 0.2) is 95.8 Å². The normalized spacial score (nSPS) is 21.9. The van der Waals surface area contributed by atoms with E-state index in [1.54, 1.807) is 24.1 Å². The van der Waals surface area contributed by atoms with E-state index in [0.717, 1.165) is 22.0 Å². The van der Waals surface area contributed by atoms with Crippen LogP contribution >= 0.6 is 0 Å². The Morgan fingerprint density at radius 3 is 2.39 bits per heavy atom. The number of benzene rings is 4. The fourth-order valence-electron chi connectivity index (χ4n) is 8.14. The number of nitro benzene ring substituents is 1. The van der Waals surface area contributed by atoms with E-state index in [0.29, 0.717) is 28.7 Å². The Balaban J connectivity index is 1.27. The van der Waals surface area contributed by atoms with Crippen LogP contribution in [0.3, 0.4) is 0 Å². The molecule has 2 aliphatic rings. The number of nitro groups is 1. The van der Waals surface area contributed by atoms with Gasteiger partial charge in [-0.3, -0.25) is 24.8 Å². The lowest BCUT2D eigenvalue weighted by molar-refractivity contribution is -0.385. The van der Waals surface area contributed by atoms with Crippen molar-refractivity contribution < 1.29 is 24.3 Å². The van der Waals surface area contributed by atoms with Crippen LogP contribution in [-0.2, 0) is 21.7 Å². The molecule has 12 heteroatoms. The zero-order valence-corrected chi connectivity index (χ0v) is 28.8. The Labute approximate surface area is 283 Å². The molecule has 11 nitrogen and oxygen atoms in total. The first-order valence-electron chi connectivity index (χ1n) is 16.3. The van der Waals surface area contributed by atoms with Crippen LogP contribution in [0.2, 0.25) is 18.6 Å². The van der Waals surface area contributed by atoms with Crippen LogP contribution in [0.1, 0.15) is 24.5 Å². The van der Waals surface area contributed by atoms with Crippen molar-refractivity contribution in [3.63, 3.8) is 0 Å². The van der Waals surface area contributed by atoms with Gasteiger partial charge in [-0.15, -0.1) is 0 Å². The second kappa shape index (κ2) is 12.1. The largest absolute Gasteiger partial charge is 0.497 e. The van der Waals surface area contributed by atoms with Gasteiger partial charge in [0.2, 0.25) is 0 Å². The zero-order chi connectivity index (χ0) is 34.7. The van der Waals surface area contributed by atoms with E-state index in [4.69, 9.17) is 9.47 Å². The van der Waals surface area contributed by atoms with Crippen molar-refractivity contribution >= 4 is 41.4 Å². The average Bonchev–Trinajstić information content (AvgIpc) is 3.68. The fourth-order valence-corrected chi connectivity index (χ4v) is 12.2. The molecule has 4 aromatic carbocycles. The lowest BCUT2D eigenvalue weighted by Gasteiger charge is -2.37. The maximum absolute atomic E-state index is 14.9. The number of ether oxygens (including phenoxy) is 2. The van der Waals surface area contributed by atoms with Crippen molar-refractivity contribution in [2.75, 3.05) is 18.6 Å². The van der Waals surface area contributed by atoms with E-state index in [1.165, 1.54) is 16.8 Å². The quantitative estimate of drug-likeness (QED) is 0.121. The number of methoxy groups -OCH3 is 1. The summed E-state index contributed by atoms with van der Waals surface area (Å²) < 4.78 is 13.8. The van der Waals surface area contributed by atoms with Crippen LogP contribution in [0.25, 0.3) is 16.6 Å². The van der Waals surface area contributed by atoms with Crippen molar-refractivity contribution in [1.29, 1.82) is 0 Å². The lowest BCUT2D eigenvalue weighted by Crippen LogP contribution is -2.51. The van der Waals surface area contributed by atoms with E-state index in [1.807, 2.05) is 61.5 Å². The second-order valence-electron chi connectivity index (χ2n) is 13.5. The van der Waals surface area contributed by atoms with E-state index in [9.17, 15) is 24.8 Å². The van der Waals surface area contributed by atoms with Crippen LogP contribution in [0, 0.1) is 16.0 Å². The first-order valence-corrected chi connectivity index (χ1v) is 19.4. The summed E-state index contributed by atoms with van der Waals surface area (Å²) in [5.41, 5.74) is 1.38. The van der Waals surface area contributed by atoms with Crippen molar-refractivity contribution in [3.05, 3.63) is 123 Å². The molecule has 0 bridgehead atoms. The maximum Gasteiger partial charge on any atom is 0.279 e. The number of fused-ring (bicyclic) bond motifs is 3. The van der Waals surface area contributed by atoms with Crippen LogP contribution in [0.5, 0.6) is 5.75 Å². The average molecular weight is 679 g/mol. The monoisotopic (exact) mass is 678 g/mol. The zero-order valence-electron chi connectivity index (χ0n) is 27.8. The second-order valence-corrected chi connectivity index (χ2v) is 18.2. The lowest BCUT2D eigenvalue weighted by atomic mass is 9.82. The number of aromatic amines is 1. The molecule has 1 spiro atoms. The number of anilines is 1. The van der Waals surface area contributed by atoms with E-state index >= 15 is 0 Å². The summed E-state index contributed by atoms with van der Waals surface area (Å²) in [4.78, 5) is 41.1. The minimum atomic E-state index is -2.40. The molecular weight excluding hydrogens is 641 g/mol. The predicted molar refractivity (Wildman–Crippen MR) is 189 cm³/mol.